The molecule has 2 aliphatic heterocycles. The summed E-state index contributed by atoms with van der Waals surface area (Å²) < 4.78 is 12.4. The number of nitrogens with one attached hydrogen (secondary N) is 2. The van der Waals surface area contributed by atoms with E-state index in [9.17, 15) is 4.79 Å². The number of carbonyl (C=O) groups excluding carboxylic acids is 1. The number of aryl methyl sites for hydroxylation is 1. The van der Waals surface area contributed by atoms with Crippen LogP contribution in [0.1, 0.15) is 40.8 Å². The van der Waals surface area contributed by atoms with Crippen LogP contribution in [-0.4, -0.2) is 27.0 Å². The molecule has 2 aromatic carbocycles. The lowest BCUT2D eigenvalue weighted by Gasteiger charge is -2.19. The van der Waals surface area contributed by atoms with Crippen LogP contribution in [0.4, 0.5) is 5.82 Å². The maximum absolute atomic E-state index is 11.7. The van der Waals surface area contributed by atoms with Gasteiger partial charge in [0.25, 0.3) is 0 Å². The predicted molar refractivity (Wildman–Crippen MR) is 123 cm³/mol. The molecule has 4 aromatic rings. The van der Waals surface area contributed by atoms with E-state index < -0.39 is 0 Å². The molecule has 7 nitrogen and oxygen atoms in total. The van der Waals surface area contributed by atoms with Crippen LogP contribution in [-0.2, 0) is 11.2 Å². The second-order valence-electron chi connectivity index (χ2n) is 8.86. The van der Waals surface area contributed by atoms with Crippen molar-refractivity contribution < 1.29 is 14.3 Å². The number of halogens is 1. The Morgan fingerprint density at radius 2 is 2.06 bits per heavy atom. The molecule has 0 bridgehead atoms. The van der Waals surface area contributed by atoms with Crippen molar-refractivity contribution in [3.63, 3.8) is 0 Å². The Hall–Kier alpha value is -3.58. The van der Waals surface area contributed by atoms with Gasteiger partial charge in [-0.15, -0.1) is 0 Å². The van der Waals surface area contributed by atoms with Crippen molar-refractivity contribution in [1.82, 2.24) is 15.0 Å². The van der Waals surface area contributed by atoms with Gasteiger partial charge in [-0.1, -0.05) is 11.6 Å². The number of pyridine rings is 1. The average molecular weight is 459 g/mol. The number of amides is 1. The number of aromatic nitrogens is 3. The van der Waals surface area contributed by atoms with Crippen LogP contribution in [0.3, 0.4) is 0 Å². The van der Waals surface area contributed by atoms with Gasteiger partial charge in [0.15, 0.2) is 0 Å². The summed E-state index contributed by atoms with van der Waals surface area (Å²) in [5.41, 5.74) is 4.94. The van der Waals surface area contributed by atoms with E-state index in [-0.39, 0.29) is 23.8 Å². The minimum atomic E-state index is -0.0179. The summed E-state index contributed by atoms with van der Waals surface area (Å²) in [5.74, 6) is 4.26. The standard InChI is InChI=1S/C25H19ClN4O3/c1-11-8-16-17(10-15(11)26)29-25(28-16)22-21-14-9-12(2-4-18(14)33-23(21)22)32-19-6-7-27-24-13(19)3-5-20(31)30-24/h2,4,6-10,21-23H,3,5H2,1H3,(H,28,29)(H,27,30,31)/t21-,22-,23-/m1/s1. The quantitative estimate of drug-likeness (QED) is 0.438. The molecule has 0 spiro atoms. The summed E-state index contributed by atoms with van der Waals surface area (Å²) in [6.07, 6.45) is 2.77. The van der Waals surface area contributed by atoms with Crippen molar-refractivity contribution in [2.24, 2.45) is 0 Å². The van der Waals surface area contributed by atoms with Gasteiger partial charge in [-0.2, -0.15) is 0 Å². The molecule has 33 heavy (non-hydrogen) atoms. The number of anilines is 1. The van der Waals surface area contributed by atoms with E-state index in [2.05, 4.69) is 21.4 Å². The Labute approximate surface area is 194 Å². The molecule has 1 aliphatic carbocycles. The molecule has 1 amide bonds. The summed E-state index contributed by atoms with van der Waals surface area (Å²) in [4.78, 5) is 24.2. The van der Waals surface area contributed by atoms with Gasteiger partial charge < -0.3 is 19.8 Å². The first kappa shape index (κ1) is 18.9. The van der Waals surface area contributed by atoms with Gasteiger partial charge >= 0.3 is 0 Å². The first-order valence-electron chi connectivity index (χ1n) is 11.0. The summed E-state index contributed by atoms with van der Waals surface area (Å²) in [6, 6.07) is 11.7. The highest BCUT2D eigenvalue weighted by Crippen LogP contribution is 2.63. The van der Waals surface area contributed by atoms with Crippen molar-refractivity contribution in [3.8, 4) is 17.2 Å². The van der Waals surface area contributed by atoms with Crippen LogP contribution < -0.4 is 14.8 Å². The van der Waals surface area contributed by atoms with Gasteiger partial charge in [0.05, 0.1) is 17.0 Å². The lowest BCUT2D eigenvalue weighted by Crippen LogP contribution is -2.20. The first-order chi connectivity index (χ1) is 16.0. The number of benzene rings is 2. The van der Waals surface area contributed by atoms with E-state index in [1.54, 1.807) is 6.20 Å². The van der Waals surface area contributed by atoms with Crippen molar-refractivity contribution in [2.45, 2.75) is 37.7 Å². The molecule has 1 fully saturated rings. The number of hydrogen-bond donors (Lipinski definition) is 2. The number of fused-ring (bicyclic) bond motifs is 5. The number of nitrogens with zero attached hydrogens (tertiary/aromatic N) is 2. The highest BCUT2D eigenvalue weighted by Gasteiger charge is 2.61. The SMILES string of the molecule is Cc1cc2[nH]c([C@H]3[C@@H]4Oc5ccc(Oc6ccnc7c6CCC(=O)N7)cc5[C@@H]43)nc2cc1Cl. The molecule has 2 aromatic heterocycles. The van der Waals surface area contributed by atoms with E-state index >= 15 is 0 Å². The predicted octanol–water partition coefficient (Wildman–Crippen LogP) is 5.24. The van der Waals surface area contributed by atoms with Gasteiger partial charge in [0.2, 0.25) is 5.91 Å². The lowest BCUT2D eigenvalue weighted by atomic mass is 10.1. The minimum Gasteiger partial charge on any atom is -0.489 e. The molecular formula is C25H19ClN4O3. The minimum absolute atomic E-state index is 0.0179. The van der Waals surface area contributed by atoms with Crippen LogP contribution >= 0.6 is 11.6 Å². The molecule has 2 N–H and O–H groups in total. The molecule has 0 radical (unpaired) electrons. The third-order valence-corrected chi connectivity index (χ3v) is 7.16. The summed E-state index contributed by atoms with van der Waals surface area (Å²) in [7, 11) is 0. The summed E-state index contributed by atoms with van der Waals surface area (Å²) in [5, 5.41) is 3.53. The largest absolute Gasteiger partial charge is 0.489 e. The number of ether oxygens (including phenoxy) is 2. The zero-order valence-corrected chi connectivity index (χ0v) is 18.4. The average Bonchev–Trinajstić information content (AvgIpc) is 3.15. The molecular weight excluding hydrogens is 440 g/mol. The number of aromatic amines is 1. The van der Waals surface area contributed by atoms with Crippen molar-refractivity contribution in [2.75, 3.05) is 5.32 Å². The molecule has 164 valence electrons. The van der Waals surface area contributed by atoms with Crippen LogP contribution in [0, 0.1) is 6.92 Å². The summed E-state index contributed by atoms with van der Waals surface area (Å²) >= 11 is 6.27. The molecule has 3 atom stereocenters. The van der Waals surface area contributed by atoms with Crippen molar-refractivity contribution in [3.05, 3.63) is 70.1 Å². The van der Waals surface area contributed by atoms with E-state index in [1.807, 2.05) is 37.3 Å². The molecule has 0 saturated heterocycles. The monoisotopic (exact) mass is 458 g/mol. The molecule has 8 heteroatoms. The molecule has 7 rings (SSSR count). The molecule has 0 unspecified atom stereocenters. The fourth-order valence-corrected chi connectivity index (χ4v) is 5.19. The topological polar surface area (TPSA) is 89.1 Å². The number of imidazole rings is 1. The third kappa shape index (κ3) is 2.92. The number of hydrogen-bond acceptors (Lipinski definition) is 5. The van der Waals surface area contributed by atoms with Crippen LogP contribution in [0.2, 0.25) is 5.02 Å². The Balaban J connectivity index is 1.18. The summed E-state index contributed by atoms with van der Waals surface area (Å²) in [6.45, 7) is 1.99. The lowest BCUT2D eigenvalue weighted by molar-refractivity contribution is -0.116. The smallest absolute Gasteiger partial charge is 0.225 e. The van der Waals surface area contributed by atoms with Gasteiger partial charge in [-0.3, -0.25) is 4.79 Å². The highest BCUT2D eigenvalue weighted by molar-refractivity contribution is 6.32. The Morgan fingerprint density at radius 1 is 1.15 bits per heavy atom. The van der Waals surface area contributed by atoms with Gasteiger partial charge in [-0.25, -0.2) is 9.97 Å². The van der Waals surface area contributed by atoms with E-state index in [0.29, 0.717) is 24.4 Å². The number of H-pyrrole nitrogens is 1. The van der Waals surface area contributed by atoms with E-state index in [4.69, 9.17) is 26.1 Å². The van der Waals surface area contributed by atoms with Crippen molar-refractivity contribution >= 4 is 34.4 Å². The van der Waals surface area contributed by atoms with Crippen molar-refractivity contribution in [1.29, 1.82) is 0 Å². The fraction of sp³-hybridized carbons (Fsp3) is 0.240. The van der Waals surface area contributed by atoms with Gasteiger partial charge in [0.1, 0.15) is 35.0 Å². The van der Waals surface area contributed by atoms with E-state index in [1.165, 1.54) is 0 Å². The number of carbonyl (C=O) groups is 1. The van der Waals surface area contributed by atoms with Crippen LogP contribution in [0.25, 0.3) is 11.0 Å². The van der Waals surface area contributed by atoms with Crippen LogP contribution in [0.15, 0.2) is 42.6 Å². The second-order valence-corrected chi connectivity index (χ2v) is 9.27. The maximum Gasteiger partial charge on any atom is 0.225 e. The van der Waals surface area contributed by atoms with Gasteiger partial charge in [-0.05, 0) is 55.3 Å². The van der Waals surface area contributed by atoms with Crippen LogP contribution in [0.5, 0.6) is 17.2 Å². The Bertz CT molecular complexity index is 1440. The second kappa shape index (κ2) is 6.71. The van der Waals surface area contributed by atoms with E-state index in [0.717, 1.165) is 50.1 Å². The fourth-order valence-electron chi connectivity index (χ4n) is 5.03. The number of rotatable bonds is 3. The normalized spacial score (nSPS) is 22.2. The zero-order chi connectivity index (χ0) is 22.3. The van der Waals surface area contributed by atoms with Gasteiger partial charge in [0, 0.05) is 34.7 Å². The molecule has 1 saturated carbocycles. The highest BCUT2D eigenvalue weighted by atomic mass is 35.5. The first-order valence-corrected chi connectivity index (χ1v) is 11.3. The third-order valence-electron chi connectivity index (χ3n) is 6.75. The molecule has 3 aliphatic rings. The Kier molecular flexibility index (Phi) is 3.85. The maximum atomic E-state index is 11.7. The zero-order valence-electron chi connectivity index (χ0n) is 17.7. The molecule has 4 heterocycles. The Morgan fingerprint density at radius 3 is 2.97 bits per heavy atom.